The van der Waals surface area contributed by atoms with E-state index in [9.17, 15) is 14.0 Å². The van der Waals surface area contributed by atoms with Gasteiger partial charge >= 0.3 is 0 Å². The van der Waals surface area contributed by atoms with Crippen molar-refractivity contribution in [2.24, 2.45) is 0 Å². The Morgan fingerprint density at radius 3 is 1.93 bits per heavy atom. The molecule has 0 heterocycles. The highest BCUT2D eigenvalue weighted by atomic mass is 19.1. The smallest absolute Gasteiger partial charge is 0.255 e. The highest BCUT2D eigenvalue weighted by molar-refractivity contribution is 6.05. The summed E-state index contributed by atoms with van der Waals surface area (Å²) < 4.78 is 18.6. The second kappa shape index (κ2) is 8.35. The van der Waals surface area contributed by atoms with Gasteiger partial charge in [0, 0.05) is 23.9 Å². The van der Waals surface area contributed by atoms with Crippen LogP contribution in [0.3, 0.4) is 0 Å². The lowest BCUT2D eigenvalue weighted by molar-refractivity contribution is -0.114. The number of amides is 2. The number of ether oxygens (including phenoxy) is 1. The molecule has 28 heavy (non-hydrogen) atoms. The zero-order valence-electron chi connectivity index (χ0n) is 15.5. The molecule has 6 heteroatoms. The van der Waals surface area contributed by atoms with Crippen molar-refractivity contribution in [1.82, 2.24) is 0 Å². The van der Waals surface area contributed by atoms with Gasteiger partial charge in [-0.25, -0.2) is 4.39 Å². The van der Waals surface area contributed by atoms with Crippen LogP contribution in [-0.4, -0.2) is 11.8 Å². The molecule has 3 aromatic rings. The maximum atomic E-state index is 12.9. The first-order valence-corrected chi connectivity index (χ1v) is 8.64. The lowest BCUT2D eigenvalue weighted by atomic mass is 10.1. The molecule has 0 radical (unpaired) electrons. The summed E-state index contributed by atoms with van der Waals surface area (Å²) in [7, 11) is 0. The van der Waals surface area contributed by atoms with Crippen molar-refractivity contribution >= 4 is 23.2 Å². The standard InChI is InChI=1S/C22H19FN2O3/c1-14-20(24-15(2)26)4-3-5-21(14)25-22(27)16-6-10-18(11-7-16)28-19-12-8-17(23)9-13-19/h3-13H,1-2H3,(H,24,26)(H,25,27). The molecule has 0 aliphatic rings. The second-order valence-corrected chi connectivity index (χ2v) is 6.19. The van der Waals surface area contributed by atoms with Gasteiger partial charge in [0.05, 0.1) is 0 Å². The molecule has 2 N–H and O–H groups in total. The van der Waals surface area contributed by atoms with E-state index in [1.54, 1.807) is 42.5 Å². The van der Waals surface area contributed by atoms with Crippen molar-refractivity contribution in [2.75, 3.05) is 10.6 Å². The highest BCUT2D eigenvalue weighted by Crippen LogP contribution is 2.25. The van der Waals surface area contributed by atoms with Crippen LogP contribution in [0.15, 0.2) is 66.7 Å². The third-order valence-electron chi connectivity index (χ3n) is 4.06. The van der Waals surface area contributed by atoms with Gasteiger partial charge in [-0.15, -0.1) is 0 Å². The van der Waals surface area contributed by atoms with Crippen molar-refractivity contribution < 1.29 is 18.7 Å². The molecule has 0 atom stereocenters. The number of halogens is 1. The molecular formula is C22H19FN2O3. The minimum Gasteiger partial charge on any atom is -0.457 e. The van der Waals surface area contributed by atoms with Crippen LogP contribution in [0.5, 0.6) is 11.5 Å². The van der Waals surface area contributed by atoms with Crippen LogP contribution in [0.2, 0.25) is 0 Å². The molecule has 5 nitrogen and oxygen atoms in total. The van der Waals surface area contributed by atoms with Gasteiger partial charge in [0.25, 0.3) is 5.91 Å². The molecule has 0 fully saturated rings. The van der Waals surface area contributed by atoms with Crippen LogP contribution in [0, 0.1) is 12.7 Å². The molecule has 0 bridgehead atoms. The average Bonchev–Trinajstić information content (AvgIpc) is 2.67. The SMILES string of the molecule is CC(=O)Nc1cccc(NC(=O)c2ccc(Oc3ccc(F)cc3)cc2)c1C. The maximum absolute atomic E-state index is 12.9. The fourth-order valence-electron chi connectivity index (χ4n) is 2.60. The molecular weight excluding hydrogens is 359 g/mol. The first-order chi connectivity index (χ1) is 13.4. The van der Waals surface area contributed by atoms with Crippen LogP contribution in [0.4, 0.5) is 15.8 Å². The predicted molar refractivity (Wildman–Crippen MR) is 106 cm³/mol. The summed E-state index contributed by atoms with van der Waals surface area (Å²) in [6.45, 7) is 3.25. The molecule has 0 unspecified atom stereocenters. The number of carbonyl (C=O) groups is 2. The lowest BCUT2D eigenvalue weighted by Gasteiger charge is -2.13. The van der Waals surface area contributed by atoms with E-state index >= 15 is 0 Å². The van der Waals surface area contributed by atoms with Crippen LogP contribution < -0.4 is 15.4 Å². The van der Waals surface area contributed by atoms with Gasteiger partial charge in [0.2, 0.25) is 5.91 Å². The van der Waals surface area contributed by atoms with Crippen molar-refractivity contribution in [3.8, 4) is 11.5 Å². The van der Waals surface area contributed by atoms with Gasteiger partial charge in [-0.1, -0.05) is 6.07 Å². The monoisotopic (exact) mass is 378 g/mol. The van der Waals surface area contributed by atoms with Crippen molar-refractivity contribution in [3.05, 3.63) is 83.7 Å². The fraction of sp³-hybridized carbons (Fsp3) is 0.0909. The van der Waals surface area contributed by atoms with Gasteiger partial charge in [0.15, 0.2) is 0 Å². The number of carbonyl (C=O) groups excluding carboxylic acids is 2. The topological polar surface area (TPSA) is 67.4 Å². The molecule has 2 amide bonds. The molecule has 3 rings (SSSR count). The van der Waals surface area contributed by atoms with E-state index in [0.29, 0.717) is 28.4 Å². The van der Waals surface area contributed by atoms with Crippen molar-refractivity contribution in [1.29, 1.82) is 0 Å². The van der Waals surface area contributed by atoms with E-state index in [0.717, 1.165) is 5.56 Å². The fourth-order valence-corrected chi connectivity index (χ4v) is 2.60. The number of anilines is 2. The summed E-state index contributed by atoms with van der Waals surface area (Å²) in [5.74, 6) is 0.243. The quantitative estimate of drug-likeness (QED) is 0.646. The van der Waals surface area contributed by atoms with Gasteiger partial charge < -0.3 is 15.4 Å². The zero-order valence-corrected chi connectivity index (χ0v) is 15.5. The Hall–Kier alpha value is -3.67. The number of benzene rings is 3. The molecule has 0 saturated carbocycles. The predicted octanol–water partition coefficient (Wildman–Crippen LogP) is 5.14. The summed E-state index contributed by atoms with van der Waals surface area (Å²) in [5.41, 5.74) is 2.48. The Morgan fingerprint density at radius 1 is 0.821 bits per heavy atom. The summed E-state index contributed by atoms with van der Waals surface area (Å²) >= 11 is 0. The van der Waals surface area contributed by atoms with Gasteiger partial charge in [-0.3, -0.25) is 9.59 Å². The number of rotatable bonds is 5. The van der Waals surface area contributed by atoms with E-state index in [2.05, 4.69) is 10.6 Å². The van der Waals surface area contributed by atoms with Crippen LogP contribution in [0.1, 0.15) is 22.8 Å². The third-order valence-corrected chi connectivity index (χ3v) is 4.06. The van der Waals surface area contributed by atoms with Crippen LogP contribution >= 0.6 is 0 Å². The molecule has 0 aliphatic heterocycles. The molecule has 0 aromatic heterocycles. The number of hydrogen-bond acceptors (Lipinski definition) is 3. The largest absolute Gasteiger partial charge is 0.457 e. The molecule has 3 aromatic carbocycles. The van der Waals surface area contributed by atoms with E-state index < -0.39 is 0 Å². The summed E-state index contributed by atoms with van der Waals surface area (Å²) in [6.07, 6.45) is 0. The highest BCUT2D eigenvalue weighted by Gasteiger charge is 2.11. The summed E-state index contributed by atoms with van der Waals surface area (Å²) in [6, 6.07) is 17.6. The van der Waals surface area contributed by atoms with Gasteiger partial charge in [-0.2, -0.15) is 0 Å². The number of hydrogen-bond donors (Lipinski definition) is 2. The molecule has 0 spiro atoms. The Morgan fingerprint density at radius 2 is 1.36 bits per heavy atom. The second-order valence-electron chi connectivity index (χ2n) is 6.19. The minimum absolute atomic E-state index is 0.177. The summed E-state index contributed by atoms with van der Waals surface area (Å²) in [4.78, 5) is 23.8. The van der Waals surface area contributed by atoms with Crippen molar-refractivity contribution in [2.45, 2.75) is 13.8 Å². The average molecular weight is 378 g/mol. The minimum atomic E-state index is -0.336. The zero-order chi connectivity index (χ0) is 20.1. The summed E-state index contributed by atoms with van der Waals surface area (Å²) in [5, 5.41) is 5.57. The van der Waals surface area contributed by atoms with Crippen LogP contribution in [-0.2, 0) is 4.79 Å². The van der Waals surface area contributed by atoms with E-state index in [-0.39, 0.29) is 17.6 Å². The number of nitrogens with one attached hydrogen (secondary N) is 2. The Kier molecular flexibility index (Phi) is 5.69. The third kappa shape index (κ3) is 4.73. The lowest BCUT2D eigenvalue weighted by Crippen LogP contribution is -2.14. The Bertz CT molecular complexity index is 999. The first-order valence-electron chi connectivity index (χ1n) is 8.64. The van der Waals surface area contributed by atoms with Crippen LogP contribution in [0.25, 0.3) is 0 Å². The van der Waals surface area contributed by atoms with E-state index in [1.807, 2.05) is 6.92 Å². The molecule has 142 valence electrons. The Labute approximate surface area is 162 Å². The van der Waals surface area contributed by atoms with Crippen molar-refractivity contribution in [3.63, 3.8) is 0 Å². The molecule has 0 aliphatic carbocycles. The van der Waals surface area contributed by atoms with E-state index in [4.69, 9.17) is 4.74 Å². The first kappa shape index (κ1) is 19.1. The van der Waals surface area contributed by atoms with Gasteiger partial charge in [0.1, 0.15) is 17.3 Å². The van der Waals surface area contributed by atoms with Gasteiger partial charge in [-0.05, 0) is 73.2 Å². The normalized spacial score (nSPS) is 10.2. The molecule has 0 saturated heterocycles. The maximum Gasteiger partial charge on any atom is 0.255 e. The Balaban J connectivity index is 1.70. The van der Waals surface area contributed by atoms with E-state index in [1.165, 1.54) is 31.2 Å².